The van der Waals surface area contributed by atoms with Gasteiger partial charge >= 0.3 is 0 Å². The van der Waals surface area contributed by atoms with Crippen LogP contribution < -0.4 is 9.62 Å². The normalized spacial score (nSPS) is 13.6. The van der Waals surface area contributed by atoms with Crippen molar-refractivity contribution in [1.29, 1.82) is 0 Å². The van der Waals surface area contributed by atoms with Gasteiger partial charge in [0.05, 0.1) is 10.6 Å². The molecule has 7 nitrogen and oxygen atoms in total. The van der Waals surface area contributed by atoms with E-state index < -0.39 is 15.9 Å². The second kappa shape index (κ2) is 10.7. The fraction of sp³-hybridized carbons (Fsp3) is 0.259. The summed E-state index contributed by atoms with van der Waals surface area (Å²) in [6.07, 6.45) is 1.52. The number of rotatable bonds is 9. The number of hydrogen-bond donors (Lipinski definition) is 1. The lowest BCUT2D eigenvalue weighted by molar-refractivity contribution is -0.128. The number of nitrogens with zero attached hydrogens (tertiary/aromatic N) is 2. The van der Waals surface area contributed by atoms with Crippen molar-refractivity contribution in [2.45, 2.75) is 37.8 Å². The van der Waals surface area contributed by atoms with Gasteiger partial charge in [-0.25, -0.2) is 8.42 Å². The van der Waals surface area contributed by atoms with Crippen LogP contribution in [0.2, 0.25) is 0 Å². The average Bonchev–Trinajstić information content (AvgIpc) is 3.27. The number of para-hydroxylation sites is 1. The number of benzene rings is 3. The number of aryl methyl sites for hydroxylation is 1. The lowest BCUT2D eigenvalue weighted by Crippen LogP contribution is -2.40. The molecule has 1 N–H and O–H groups in total. The fourth-order valence-corrected chi connectivity index (χ4v) is 5.41. The van der Waals surface area contributed by atoms with E-state index >= 15 is 0 Å². The first-order valence-electron chi connectivity index (χ1n) is 11.6. The van der Waals surface area contributed by atoms with Gasteiger partial charge in [-0.2, -0.15) is 0 Å². The lowest BCUT2D eigenvalue weighted by atomic mass is 10.1. The Hall–Kier alpha value is -3.65. The summed E-state index contributed by atoms with van der Waals surface area (Å²) in [5.74, 6) is -0.221. The summed E-state index contributed by atoms with van der Waals surface area (Å²) in [7, 11) is -3.93. The van der Waals surface area contributed by atoms with Crippen molar-refractivity contribution in [1.82, 2.24) is 10.2 Å². The van der Waals surface area contributed by atoms with Gasteiger partial charge in [0, 0.05) is 26.1 Å². The molecule has 0 aliphatic carbocycles. The molecule has 3 aromatic carbocycles. The highest BCUT2D eigenvalue weighted by molar-refractivity contribution is 7.92. The van der Waals surface area contributed by atoms with Gasteiger partial charge in [0.2, 0.25) is 11.8 Å². The maximum absolute atomic E-state index is 13.4. The minimum atomic E-state index is -3.93. The summed E-state index contributed by atoms with van der Waals surface area (Å²) >= 11 is 0. The van der Waals surface area contributed by atoms with Crippen LogP contribution in [0.1, 0.15) is 29.5 Å². The molecule has 0 saturated carbocycles. The van der Waals surface area contributed by atoms with E-state index in [9.17, 15) is 18.0 Å². The summed E-state index contributed by atoms with van der Waals surface area (Å²) in [6, 6.07) is 22.9. The second-order valence-electron chi connectivity index (χ2n) is 8.67. The number of likely N-dealkylation sites (tertiary alicyclic amines) is 1. The first kappa shape index (κ1) is 24.5. The van der Waals surface area contributed by atoms with Crippen LogP contribution in [0.3, 0.4) is 0 Å². The van der Waals surface area contributed by atoms with Crippen molar-refractivity contribution in [3.63, 3.8) is 0 Å². The number of hydrogen-bond acceptors (Lipinski definition) is 4. The summed E-state index contributed by atoms with van der Waals surface area (Å²) in [5, 5.41) is 2.82. The van der Waals surface area contributed by atoms with E-state index in [1.165, 1.54) is 0 Å². The van der Waals surface area contributed by atoms with Crippen molar-refractivity contribution in [2.75, 3.05) is 17.4 Å². The number of nitrogens with one attached hydrogen (secondary N) is 1. The van der Waals surface area contributed by atoms with E-state index in [0.717, 1.165) is 34.0 Å². The van der Waals surface area contributed by atoms with Crippen LogP contribution in [0, 0.1) is 6.92 Å². The van der Waals surface area contributed by atoms with E-state index in [1.807, 2.05) is 36.1 Å². The van der Waals surface area contributed by atoms with Crippen LogP contribution in [-0.4, -0.2) is 38.2 Å². The Labute approximate surface area is 206 Å². The van der Waals surface area contributed by atoms with Gasteiger partial charge in [0.15, 0.2) is 0 Å². The van der Waals surface area contributed by atoms with Crippen LogP contribution >= 0.6 is 0 Å². The van der Waals surface area contributed by atoms with Gasteiger partial charge < -0.3 is 10.2 Å². The molecule has 0 atom stereocenters. The SMILES string of the molecule is Cc1ccc(S(=O)(=O)N(CC(=O)NCc2ccc(CN3CCCC3=O)cc2)c2ccccc2)cc1. The van der Waals surface area contributed by atoms with Crippen molar-refractivity contribution in [3.05, 3.63) is 95.6 Å². The fourth-order valence-electron chi connectivity index (χ4n) is 3.99. The highest BCUT2D eigenvalue weighted by Gasteiger charge is 2.27. The minimum absolute atomic E-state index is 0.131. The average molecular weight is 492 g/mol. The quantitative estimate of drug-likeness (QED) is 0.495. The molecular weight excluding hydrogens is 462 g/mol. The molecule has 1 aliphatic rings. The third kappa shape index (κ3) is 6.08. The van der Waals surface area contributed by atoms with Crippen molar-refractivity contribution in [3.8, 4) is 0 Å². The molecule has 1 aliphatic heterocycles. The van der Waals surface area contributed by atoms with Crippen LogP contribution in [-0.2, 0) is 32.7 Å². The topological polar surface area (TPSA) is 86.8 Å². The molecule has 1 heterocycles. The zero-order valence-corrected chi connectivity index (χ0v) is 20.5. The van der Waals surface area contributed by atoms with E-state index in [2.05, 4.69) is 5.32 Å². The molecule has 2 amide bonds. The summed E-state index contributed by atoms with van der Waals surface area (Å²) in [4.78, 5) is 26.6. The molecule has 1 saturated heterocycles. The molecule has 0 unspecified atom stereocenters. The maximum atomic E-state index is 13.4. The van der Waals surface area contributed by atoms with E-state index in [-0.39, 0.29) is 23.9 Å². The predicted octanol–water partition coefficient (Wildman–Crippen LogP) is 3.63. The molecule has 3 aromatic rings. The van der Waals surface area contributed by atoms with Crippen molar-refractivity contribution < 1.29 is 18.0 Å². The molecular formula is C27H29N3O4S. The molecule has 4 rings (SSSR count). The van der Waals surface area contributed by atoms with Gasteiger partial charge in [-0.15, -0.1) is 0 Å². The van der Waals surface area contributed by atoms with E-state index in [0.29, 0.717) is 18.7 Å². The molecule has 35 heavy (non-hydrogen) atoms. The van der Waals surface area contributed by atoms with E-state index in [4.69, 9.17) is 0 Å². The largest absolute Gasteiger partial charge is 0.350 e. The van der Waals surface area contributed by atoms with Crippen LogP contribution in [0.25, 0.3) is 0 Å². The smallest absolute Gasteiger partial charge is 0.264 e. The maximum Gasteiger partial charge on any atom is 0.264 e. The van der Waals surface area contributed by atoms with Crippen LogP contribution in [0.5, 0.6) is 0 Å². The van der Waals surface area contributed by atoms with Crippen LogP contribution in [0.15, 0.2) is 83.8 Å². The molecule has 0 aromatic heterocycles. The Morgan fingerprint density at radius 3 is 2.23 bits per heavy atom. The summed E-state index contributed by atoms with van der Waals surface area (Å²) < 4.78 is 27.9. The minimum Gasteiger partial charge on any atom is -0.350 e. The van der Waals surface area contributed by atoms with Gasteiger partial charge in [0.1, 0.15) is 6.54 Å². The van der Waals surface area contributed by atoms with Crippen molar-refractivity contribution >= 4 is 27.5 Å². The number of carbonyl (C=O) groups is 2. The van der Waals surface area contributed by atoms with Crippen molar-refractivity contribution in [2.24, 2.45) is 0 Å². The first-order chi connectivity index (χ1) is 16.8. The van der Waals surface area contributed by atoms with E-state index in [1.54, 1.807) is 54.6 Å². The predicted molar refractivity (Wildman–Crippen MR) is 135 cm³/mol. The Morgan fingerprint density at radius 2 is 1.60 bits per heavy atom. The highest BCUT2D eigenvalue weighted by Crippen LogP contribution is 2.23. The first-order valence-corrected chi connectivity index (χ1v) is 13.0. The third-order valence-corrected chi connectivity index (χ3v) is 7.79. The van der Waals surface area contributed by atoms with Gasteiger partial charge in [0.25, 0.3) is 10.0 Å². The second-order valence-corrected chi connectivity index (χ2v) is 10.5. The Balaban J connectivity index is 1.42. The van der Waals surface area contributed by atoms with Crippen LogP contribution in [0.4, 0.5) is 5.69 Å². The zero-order chi connectivity index (χ0) is 24.8. The number of amides is 2. The molecule has 0 bridgehead atoms. The number of carbonyl (C=O) groups excluding carboxylic acids is 2. The Bertz CT molecular complexity index is 1270. The van der Waals surface area contributed by atoms with Gasteiger partial charge in [-0.3, -0.25) is 13.9 Å². The Morgan fingerprint density at radius 1 is 0.943 bits per heavy atom. The summed E-state index contributed by atoms with van der Waals surface area (Å²) in [6.45, 7) is 3.20. The molecule has 182 valence electrons. The molecule has 0 spiro atoms. The standard InChI is InChI=1S/C27H29N3O4S/c1-21-9-15-25(16-10-21)35(33,34)30(24-6-3-2-4-7-24)20-26(31)28-18-22-11-13-23(14-12-22)19-29-17-5-8-27(29)32/h2-4,6-7,9-16H,5,8,17-20H2,1H3,(H,28,31). The molecule has 0 radical (unpaired) electrons. The van der Waals surface area contributed by atoms with Gasteiger partial charge in [-0.1, -0.05) is 60.2 Å². The summed E-state index contributed by atoms with van der Waals surface area (Å²) in [5.41, 5.74) is 3.30. The Kier molecular flexibility index (Phi) is 7.51. The highest BCUT2D eigenvalue weighted by atomic mass is 32.2. The monoisotopic (exact) mass is 491 g/mol. The molecule has 1 fully saturated rings. The van der Waals surface area contributed by atoms with Gasteiger partial charge in [-0.05, 0) is 48.7 Å². The number of sulfonamides is 1. The lowest BCUT2D eigenvalue weighted by Gasteiger charge is -2.24. The number of anilines is 1. The zero-order valence-electron chi connectivity index (χ0n) is 19.7. The molecule has 8 heteroatoms. The third-order valence-electron chi connectivity index (χ3n) is 6.00.